The van der Waals surface area contributed by atoms with Crippen LogP contribution in [0.1, 0.15) is 64.3 Å². The Morgan fingerprint density at radius 1 is 1.03 bits per heavy atom. The van der Waals surface area contributed by atoms with Gasteiger partial charge in [-0.25, -0.2) is 9.83 Å². The molecular weight excluding hydrogens is 918 g/mol. The Hall–Kier alpha value is -6.62. The summed E-state index contributed by atoms with van der Waals surface area (Å²) in [7, 11) is 0. The van der Waals surface area contributed by atoms with E-state index in [4.69, 9.17) is 28.3 Å². The molecule has 0 aliphatic carbocycles. The van der Waals surface area contributed by atoms with Gasteiger partial charge in [0.1, 0.15) is 37.2 Å². The van der Waals surface area contributed by atoms with E-state index in [1.54, 1.807) is 75.7 Å². The predicted molar refractivity (Wildman–Crippen MR) is 256 cm³/mol. The van der Waals surface area contributed by atoms with Crippen molar-refractivity contribution in [2.24, 2.45) is 5.41 Å². The molecule has 0 spiro atoms. The molecule has 0 bridgehead atoms. The first-order valence-electron chi connectivity index (χ1n) is 21.5. The number of benzene rings is 3. The van der Waals surface area contributed by atoms with Gasteiger partial charge in [-0.2, -0.15) is 13.2 Å². The third-order valence-electron chi connectivity index (χ3n) is 11.4. The number of halogens is 3. The SMILES string of the molecule is [C-]#[N+]c1ccc(N2C(=O)C(C)(C)N(c3ccc(OCC#CC#CCOCC(=O)N[C@H](C(=O)N4C[C@H](O)C[C@H]4C(=O)CCc4ccc(-c5scnc5C)cc4)C(C)(C)C)cc3)C2=S)cc1C(F)(F)F. The maximum absolute atomic E-state index is 14.0. The molecule has 3 atom stereocenters. The Bertz CT molecular complexity index is 2740. The molecule has 2 fully saturated rings. The number of hydrogen-bond acceptors (Lipinski definition) is 10. The number of β-amino-alcohol motifs (C(OH)–C–C–N with tert-alkyl or cyclic N) is 1. The first-order valence-corrected chi connectivity index (χ1v) is 22.7. The van der Waals surface area contributed by atoms with Crippen LogP contribution in [0.4, 0.5) is 30.2 Å². The fourth-order valence-corrected chi connectivity index (χ4v) is 9.16. The van der Waals surface area contributed by atoms with Gasteiger partial charge in [0.15, 0.2) is 16.6 Å². The molecule has 3 heterocycles. The summed E-state index contributed by atoms with van der Waals surface area (Å²) >= 11 is 7.17. The smallest absolute Gasteiger partial charge is 0.407 e. The van der Waals surface area contributed by atoms with Crippen molar-refractivity contribution in [1.82, 2.24) is 15.2 Å². The fourth-order valence-electron chi connectivity index (χ4n) is 7.83. The van der Waals surface area contributed by atoms with Crippen LogP contribution in [0.15, 0.2) is 72.2 Å². The van der Waals surface area contributed by atoms with Gasteiger partial charge in [-0.05, 0) is 110 Å². The number of amides is 3. The average molecular weight is 967 g/mol. The molecule has 1 aromatic heterocycles. The lowest BCUT2D eigenvalue weighted by Crippen LogP contribution is -2.57. The number of anilines is 2. The molecule has 6 rings (SSSR count). The van der Waals surface area contributed by atoms with E-state index in [2.05, 4.69) is 38.8 Å². The van der Waals surface area contributed by atoms with Crippen LogP contribution in [0.5, 0.6) is 5.75 Å². The van der Waals surface area contributed by atoms with E-state index in [1.807, 2.05) is 31.2 Å². The number of thiazole rings is 1. The summed E-state index contributed by atoms with van der Waals surface area (Å²) in [6.07, 6.45) is -4.91. The summed E-state index contributed by atoms with van der Waals surface area (Å²) in [4.78, 5) is 66.3. The van der Waals surface area contributed by atoms with Gasteiger partial charge in [0.25, 0.3) is 5.91 Å². The maximum Gasteiger partial charge on any atom is 0.407 e. The molecule has 0 saturated carbocycles. The minimum absolute atomic E-state index is 0.0229. The van der Waals surface area contributed by atoms with Gasteiger partial charge in [0, 0.05) is 30.8 Å². The molecule has 3 amide bonds. The number of ketones is 1. The molecule has 0 radical (unpaired) electrons. The lowest BCUT2D eigenvalue weighted by atomic mass is 9.85. The molecule has 2 saturated heterocycles. The molecule has 13 nitrogen and oxygen atoms in total. The highest BCUT2D eigenvalue weighted by Crippen LogP contribution is 2.42. The highest BCUT2D eigenvalue weighted by atomic mass is 32.1. The lowest BCUT2D eigenvalue weighted by molar-refractivity contribution is -0.144. The van der Waals surface area contributed by atoms with Gasteiger partial charge in [0.05, 0.1) is 40.4 Å². The van der Waals surface area contributed by atoms with E-state index >= 15 is 0 Å². The number of alkyl halides is 3. The van der Waals surface area contributed by atoms with Gasteiger partial charge < -0.3 is 29.7 Å². The second-order valence-electron chi connectivity index (χ2n) is 17.7. The number of Topliss-reactive ketones (excluding diaryl/α,β-unsaturated/α-hetero) is 1. The third-order valence-corrected chi connectivity index (χ3v) is 12.7. The molecule has 2 N–H and O–H groups in total. The number of ether oxygens (including phenoxy) is 2. The number of aromatic nitrogens is 1. The van der Waals surface area contributed by atoms with Crippen LogP contribution < -0.4 is 19.9 Å². The van der Waals surface area contributed by atoms with E-state index in [0.717, 1.165) is 38.7 Å². The Balaban J connectivity index is 0.954. The van der Waals surface area contributed by atoms with Gasteiger partial charge in [-0.3, -0.25) is 24.1 Å². The largest absolute Gasteiger partial charge is 0.481 e. The summed E-state index contributed by atoms with van der Waals surface area (Å²) in [6.45, 7) is 17.1. The average Bonchev–Trinajstić information content (AvgIpc) is 3.95. The fraction of sp³-hybridized carbons (Fsp3) is 0.380. The number of nitrogens with zero attached hydrogens (tertiary/aromatic N) is 5. The first kappa shape index (κ1) is 50.8. The second-order valence-corrected chi connectivity index (χ2v) is 18.9. The summed E-state index contributed by atoms with van der Waals surface area (Å²) in [6, 6.07) is 15.7. The zero-order valence-electron chi connectivity index (χ0n) is 38.2. The second kappa shape index (κ2) is 21.1. The molecule has 68 heavy (non-hydrogen) atoms. The molecule has 2 aliphatic rings. The zero-order chi connectivity index (χ0) is 49.6. The number of rotatable bonds is 14. The Morgan fingerprint density at radius 2 is 1.69 bits per heavy atom. The Kier molecular flexibility index (Phi) is 15.8. The van der Waals surface area contributed by atoms with Crippen molar-refractivity contribution >= 4 is 69.2 Å². The summed E-state index contributed by atoms with van der Waals surface area (Å²) < 4.78 is 52.2. The standard InChI is InChI=1S/C50H49F3N6O7S2/c1-31-43(68-30-55-31)33-15-12-32(13-16-33)14-23-41(61)40-27-36(60)28-57(40)45(63)44(48(2,3)4)56-42(62)29-65-24-10-8-9-11-25-66-37-20-17-34(18-21-37)59-47(67)58(46(64)49(59,5)6)35-19-22-39(54-7)38(26-35)50(51,52)53/h12-13,15-22,26,30,36,40,44,60H,14,23-25,27-29H2,1-6H3,(H,56,62)/t36-,40+,44-/m1/s1. The van der Waals surface area contributed by atoms with Crippen molar-refractivity contribution in [2.75, 3.05) is 36.2 Å². The molecule has 2 aliphatic heterocycles. The highest BCUT2D eigenvalue weighted by molar-refractivity contribution is 7.81. The number of hydrogen-bond donors (Lipinski definition) is 2. The minimum Gasteiger partial charge on any atom is -0.481 e. The van der Waals surface area contributed by atoms with Crippen LogP contribution in [-0.4, -0.2) is 93.7 Å². The summed E-state index contributed by atoms with van der Waals surface area (Å²) in [5, 5.41) is 13.3. The number of carbonyl (C=O) groups is 4. The minimum atomic E-state index is -4.81. The lowest BCUT2D eigenvalue weighted by Gasteiger charge is -2.35. The van der Waals surface area contributed by atoms with Gasteiger partial charge >= 0.3 is 6.18 Å². The number of aryl methyl sites for hydroxylation is 2. The van der Waals surface area contributed by atoms with Crippen LogP contribution in [0.25, 0.3) is 15.3 Å². The molecule has 3 aromatic carbocycles. The summed E-state index contributed by atoms with van der Waals surface area (Å²) in [5.74, 6) is 9.39. The van der Waals surface area contributed by atoms with Crippen LogP contribution in [0.2, 0.25) is 0 Å². The summed E-state index contributed by atoms with van der Waals surface area (Å²) in [5.41, 5.74) is 1.42. The van der Waals surface area contributed by atoms with Crippen LogP contribution >= 0.6 is 23.6 Å². The number of aliphatic hydroxyl groups excluding tert-OH is 1. The number of nitrogens with one attached hydrogen (secondary N) is 1. The van der Waals surface area contributed by atoms with Crippen molar-refractivity contribution in [3.63, 3.8) is 0 Å². The van der Waals surface area contributed by atoms with E-state index < -0.39 is 70.9 Å². The Labute approximate surface area is 402 Å². The van der Waals surface area contributed by atoms with Crippen LogP contribution in [0, 0.1) is 42.6 Å². The molecule has 354 valence electrons. The van der Waals surface area contributed by atoms with Crippen LogP contribution in [-0.2, 0) is 36.5 Å². The quantitative estimate of drug-likeness (QED) is 0.0558. The number of carbonyl (C=O) groups excluding carboxylic acids is 4. The molecule has 4 aromatic rings. The van der Waals surface area contributed by atoms with Crippen molar-refractivity contribution < 1.29 is 46.9 Å². The zero-order valence-corrected chi connectivity index (χ0v) is 39.8. The van der Waals surface area contributed by atoms with E-state index in [9.17, 15) is 37.5 Å². The first-order chi connectivity index (χ1) is 32.1. The topological polar surface area (TPSA) is 146 Å². The van der Waals surface area contributed by atoms with Crippen molar-refractivity contribution in [1.29, 1.82) is 0 Å². The van der Waals surface area contributed by atoms with E-state index in [1.165, 1.54) is 15.9 Å². The molecular formula is C50H49F3N6O7S2. The predicted octanol–water partition coefficient (Wildman–Crippen LogP) is 7.70. The number of aliphatic hydroxyl groups is 1. The van der Waals surface area contributed by atoms with E-state index in [0.29, 0.717) is 17.9 Å². The van der Waals surface area contributed by atoms with Gasteiger partial charge in [0.2, 0.25) is 11.8 Å². The maximum atomic E-state index is 14.0. The number of thiocarbonyl (C=S) groups is 1. The van der Waals surface area contributed by atoms with Crippen LogP contribution in [0.3, 0.4) is 0 Å². The third kappa shape index (κ3) is 11.7. The monoisotopic (exact) mass is 966 g/mol. The van der Waals surface area contributed by atoms with Crippen molar-refractivity contribution in [3.8, 4) is 39.9 Å². The number of likely N-dealkylation sites (tertiary alicyclic amines) is 1. The highest BCUT2D eigenvalue weighted by Gasteiger charge is 2.51. The van der Waals surface area contributed by atoms with Gasteiger partial charge in [-0.15, -0.1) is 11.3 Å². The molecule has 18 heteroatoms. The van der Waals surface area contributed by atoms with Crippen molar-refractivity contribution in [2.45, 2.75) is 90.7 Å². The Morgan fingerprint density at radius 3 is 2.31 bits per heavy atom. The normalized spacial score (nSPS) is 17.2. The molecule has 0 unspecified atom stereocenters. The van der Waals surface area contributed by atoms with Crippen molar-refractivity contribution in [3.05, 3.63) is 100 Å². The van der Waals surface area contributed by atoms with E-state index in [-0.39, 0.29) is 49.2 Å². The van der Waals surface area contributed by atoms with Gasteiger partial charge in [-0.1, -0.05) is 57.0 Å².